The second-order valence-electron chi connectivity index (χ2n) is 11.6. The molecule has 0 unspecified atom stereocenters. The van der Waals surface area contributed by atoms with E-state index in [1.807, 2.05) is 0 Å². The summed E-state index contributed by atoms with van der Waals surface area (Å²) >= 11 is 0. The number of benzene rings is 2. The van der Waals surface area contributed by atoms with Crippen molar-refractivity contribution in [2.75, 3.05) is 13.7 Å². The quantitative estimate of drug-likeness (QED) is 0.387. The molecule has 2 aliphatic heterocycles. The number of carbonyl (C=O) groups is 2. The van der Waals surface area contributed by atoms with Gasteiger partial charge in [0.2, 0.25) is 5.91 Å². The number of fused-ring (bicyclic) bond motifs is 7. The van der Waals surface area contributed by atoms with E-state index in [4.69, 9.17) is 9.47 Å². The van der Waals surface area contributed by atoms with Crippen molar-refractivity contribution in [2.45, 2.75) is 89.4 Å². The van der Waals surface area contributed by atoms with Crippen LogP contribution < -0.4 is 0 Å². The Labute approximate surface area is 233 Å². The average Bonchev–Trinajstić information content (AvgIpc) is 3.41. The zero-order valence-corrected chi connectivity index (χ0v) is 23.4. The number of hydrogen-bond donors (Lipinski definition) is 0. The fourth-order valence-electron chi connectivity index (χ4n) is 6.73. The predicted octanol–water partition coefficient (Wildman–Crippen LogP) is 7.19. The molecule has 2 aromatic carbocycles. The van der Waals surface area contributed by atoms with Gasteiger partial charge >= 0.3 is 5.97 Å². The highest BCUT2D eigenvalue weighted by Crippen LogP contribution is 2.36. The van der Waals surface area contributed by atoms with E-state index in [9.17, 15) is 9.59 Å². The Morgan fingerprint density at radius 1 is 0.923 bits per heavy atom. The standard InChI is InChI=1S/C34H43NO4/c1-38-34(37)32-22-30-23-35(32)33(36)31(27-15-7-5-8-16-27)19-9-4-2-3-6-12-25-13-10-17-28(20-25)29-18-11-14-26(21-29)24-39-30/h6,10-14,17-18,20-21,27,30-32H,2-5,7-9,15-16,19,22-24H2,1H3/b12-6+/t30-,31+,32+/m1/s1. The molecule has 0 N–H and O–H groups in total. The first kappa shape index (κ1) is 27.6. The summed E-state index contributed by atoms with van der Waals surface area (Å²) in [4.78, 5) is 28.7. The molecule has 0 radical (unpaired) electrons. The van der Waals surface area contributed by atoms with Crippen molar-refractivity contribution in [1.82, 2.24) is 4.90 Å². The van der Waals surface area contributed by atoms with Crippen LogP contribution in [0.25, 0.3) is 17.2 Å². The molecule has 39 heavy (non-hydrogen) atoms. The van der Waals surface area contributed by atoms with Crippen molar-refractivity contribution in [2.24, 2.45) is 11.8 Å². The van der Waals surface area contributed by atoms with Crippen LogP contribution in [0.5, 0.6) is 0 Å². The molecule has 208 valence electrons. The molecule has 2 fully saturated rings. The van der Waals surface area contributed by atoms with Crippen molar-refractivity contribution >= 4 is 18.0 Å². The zero-order valence-electron chi connectivity index (χ0n) is 23.4. The molecule has 6 bridgehead atoms. The minimum absolute atomic E-state index is 0.0169. The molecule has 3 aliphatic rings. The second kappa shape index (κ2) is 13.4. The third-order valence-corrected chi connectivity index (χ3v) is 8.88. The van der Waals surface area contributed by atoms with Gasteiger partial charge in [0.25, 0.3) is 0 Å². The van der Waals surface area contributed by atoms with E-state index in [1.54, 1.807) is 4.90 Å². The van der Waals surface area contributed by atoms with Crippen LogP contribution >= 0.6 is 0 Å². The summed E-state index contributed by atoms with van der Waals surface area (Å²) in [5.74, 6) is 0.205. The highest BCUT2D eigenvalue weighted by atomic mass is 16.5. The van der Waals surface area contributed by atoms with Gasteiger partial charge in [-0.3, -0.25) is 4.79 Å². The Bertz CT molecular complexity index is 1150. The number of amides is 1. The van der Waals surface area contributed by atoms with Gasteiger partial charge in [0.05, 0.1) is 19.8 Å². The van der Waals surface area contributed by atoms with Gasteiger partial charge in [-0.25, -0.2) is 4.79 Å². The van der Waals surface area contributed by atoms with Gasteiger partial charge in [-0.05, 0) is 72.4 Å². The van der Waals surface area contributed by atoms with Gasteiger partial charge < -0.3 is 14.4 Å². The van der Waals surface area contributed by atoms with Crippen LogP contribution in [-0.4, -0.2) is 42.6 Å². The fraction of sp³-hybridized carbons (Fsp3) is 0.529. The lowest BCUT2D eigenvalue weighted by Gasteiger charge is -2.34. The highest BCUT2D eigenvalue weighted by molar-refractivity contribution is 5.86. The summed E-state index contributed by atoms with van der Waals surface area (Å²) < 4.78 is 11.5. The summed E-state index contributed by atoms with van der Waals surface area (Å²) in [6.07, 6.45) is 15.9. The molecule has 3 atom stereocenters. The number of esters is 1. The van der Waals surface area contributed by atoms with E-state index in [2.05, 4.69) is 60.7 Å². The first-order valence-electron chi connectivity index (χ1n) is 15.0. The van der Waals surface area contributed by atoms with Crippen LogP contribution in [0.3, 0.4) is 0 Å². The first-order chi connectivity index (χ1) is 19.1. The highest BCUT2D eigenvalue weighted by Gasteiger charge is 2.44. The van der Waals surface area contributed by atoms with Crippen LogP contribution in [0.15, 0.2) is 54.6 Å². The van der Waals surface area contributed by atoms with Gasteiger partial charge in [0, 0.05) is 18.9 Å². The minimum atomic E-state index is -0.563. The summed E-state index contributed by atoms with van der Waals surface area (Å²) in [5, 5.41) is 0. The molecule has 5 nitrogen and oxygen atoms in total. The van der Waals surface area contributed by atoms with Gasteiger partial charge in [-0.2, -0.15) is 0 Å². The van der Waals surface area contributed by atoms with E-state index in [0.717, 1.165) is 56.1 Å². The van der Waals surface area contributed by atoms with Gasteiger partial charge in [0.15, 0.2) is 0 Å². The topological polar surface area (TPSA) is 55.8 Å². The van der Waals surface area contributed by atoms with Gasteiger partial charge in [0.1, 0.15) is 6.04 Å². The average molecular weight is 530 g/mol. The number of hydrogen-bond acceptors (Lipinski definition) is 4. The molecule has 1 aliphatic carbocycles. The number of rotatable bonds is 2. The third kappa shape index (κ3) is 7.00. The maximum Gasteiger partial charge on any atom is 0.328 e. The zero-order chi connectivity index (χ0) is 27.0. The lowest BCUT2D eigenvalue weighted by atomic mass is 9.77. The van der Waals surface area contributed by atoms with E-state index in [0.29, 0.717) is 25.5 Å². The molecular formula is C34H43NO4. The molecule has 0 aromatic heterocycles. The molecule has 0 spiro atoms. The molecule has 1 saturated heterocycles. The summed E-state index contributed by atoms with van der Waals surface area (Å²) in [6.45, 7) is 0.897. The Kier molecular flexibility index (Phi) is 9.52. The van der Waals surface area contributed by atoms with Gasteiger partial charge in [-0.15, -0.1) is 0 Å². The molecule has 1 saturated carbocycles. The summed E-state index contributed by atoms with van der Waals surface area (Å²) in [7, 11) is 1.42. The Hall–Kier alpha value is -2.92. The normalized spacial score (nSPS) is 26.1. The van der Waals surface area contributed by atoms with Crippen LogP contribution in [0.2, 0.25) is 0 Å². The minimum Gasteiger partial charge on any atom is -0.467 e. The predicted molar refractivity (Wildman–Crippen MR) is 155 cm³/mol. The number of ether oxygens (including phenoxy) is 2. The lowest BCUT2D eigenvalue weighted by Crippen LogP contribution is -2.46. The summed E-state index contributed by atoms with van der Waals surface area (Å²) in [6, 6.07) is 16.6. The molecule has 5 rings (SSSR count). The van der Waals surface area contributed by atoms with E-state index < -0.39 is 6.04 Å². The van der Waals surface area contributed by atoms with E-state index in [1.165, 1.54) is 37.5 Å². The van der Waals surface area contributed by atoms with Crippen molar-refractivity contribution in [3.63, 3.8) is 0 Å². The lowest BCUT2D eigenvalue weighted by molar-refractivity contribution is -0.153. The summed E-state index contributed by atoms with van der Waals surface area (Å²) in [5.41, 5.74) is 4.64. The van der Waals surface area contributed by atoms with Crippen molar-refractivity contribution < 1.29 is 19.1 Å². The van der Waals surface area contributed by atoms with Crippen molar-refractivity contribution in [1.29, 1.82) is 0 Å². The molecule has 2 aromatic rings. The largest absolute Gasteiger partial charge is 0.467 e. The number of carbonyl (C=O) groups excluding carboxylic acids is 2. The SMILES string of the molecule is COC(=O)[C@@H]1C[C@@H]2CN1C(=O)[C@H](C1CCCCC1)CCCCC/C=C/c1cccc(c1)-c1cccc(c1)CO2. The number of allylic oxidation sites excluding steroid dienone is 1. The number of methoxy groups -OCH3 is 1. The van der Waals surface area contributed by atoms with E-state index in [-0.39, 0.29) is 23.9 Å². The molecule has 2 heterocycles. The first-order valence-corrected chi connectivity index (χ1v) is 15.0. The number of nitrogens with zero attached hydrogens (tertiary/aromatic N) is 1. The van der Waals surface area contributed by atoms with Crippen LogP contribution in [0, 0.1) is 11.8 Å². The second-order valence-corrected chi connectivity index (χ2v) is 11.6. The fourth-order valence-corrected chi connectivity index (χ4v) is 6.73. The third-order valence-electron chi connectivity index (χ3n) is 8.88. The van der Waals surface area contributed by atoms with Crippen LogP contribution in [0.1, 0.15) is 81.8 Å². The van der Waals surface area contributed by atoms with Crippen LogP contribution in [0.4, 0.5) is 0 Å². The Morgan fingerprint density at radius 2 is 1.67 bits per heavy atom. The maximum atomic E-state index is 14.1. The molecule has 1 amide bonds. The Balaban J connectivity index is 1.40. The smallest absolute Gasteiger partial charge is 0.328 e. The maximum absolute atomic E-state index is 14.1. The van der Waals surface area contributed by atoms with Crippen molar-refractivity contribution in [3.8, 4) is 11.1 Å². The van der Waals surface area contributed by atoms with Crippen molar-refractivity contribution in [3.05, 3.63) is 65.7 Å². The van der Waals surface area contributed by atoms with E-state index >= 15 is 0 Å². The van der Waals surface area contributed by atoms with Gasteiger partial charge in [-0.1, -0.05) is 80.7 Å². The Morgan fingerprint density at radius 3 is 2.49 bits per heavy atom. The van der Waals surface area contributed by atoms with Crippen LogP contribution in [-0.2, 0) is 25.7 Å². The molecular weight excluding hydrogens is 486 g/mol. The monoisotopic (exact) mass is 529 g/mol. The molecule has 5 heteroatoms.